The van der Waals surface area contributed by atoms with Crippen molar-refractivity contribution in [2.75, 3.05) is 38.1 Å². The van der Waals surface area contributed by atoms with E-state index in [9.17, 15) is 9.59 Å². The largest absolute Gasteiger partial charge is 0.466 e. The predicted octanol–water partition coefficient (Wildman–Crippen LogP) is 1.96. The lowest BCUT2D eigenvalue weighted by Gasteiger charge is -2.34. The van der Waals surface area contributed by atoms with Crippen LogP contribution >= 0.6 is 0 Å². The van der Waals surface area contributed by atoms with E-state index in [0.29, 0.717) is 25.5 Å². The fourth-order valence-electron chi connectivity index (χ4n) is 3.06. The number of guanidine groups is 1. The van der Waals surface area contributed by atoms with Gasteiger partial charge in [0.05, 0.1) is 19.1 Å². The molecule has 2 heterocycles. The summed E-state index contributed by atoms with van der Waals surface area (Å²) < 4.78 is 5.16. The van der Waals surface area contributed by atoms with Gasteiger partial charge in [-0.3, -0.25) is 14.6 Å². The van der Waals surface area contributed by atoms with E-state index in [1.54, 1.807) is 12.3 Å². The summed E-state index contributed by atoms with van der Waals surface area (Å²) in [4.78, 5) is 35.0. The zero-order valence-corrected chi connectivity index (χ0v) is 17.0. The number of aromatic nitrogens is 1. The lowest BCUT2D eigenvalue weighted by Crippen LogP contribution is -2.48. The summed E-state index contributed by atoms with van der Waals surface area (Å²) in [6, 6.07) is 3.68. The Labute approximate surface area is 166 Å². The van der Waals surface area contributed by atoms with Crippen molar-refractivity contribution in [3.63, 3.8) is 0 Å². The minimum Gasteiger partial charge on any atom is -0.466 e. The number of aliphatic imine (C=N–C) groups is 1. The van der Waals surface area contributed by atoms with Gasteiger partial charge in [0, 0.05) is 32.3 Å². The predicted molar refractivity (Wildman–Crippen MR) is 109 cm³/mol. The molecular weight excluding hydrogens is 358 g/mol. The van der Waals surface area contributed by atoms with Crippen LogP contribution in [0.25, 0.3) is 0 Å². The molecule has 1 unspecified atom stereocenters. The van der Waals surface area contributed by atoms with E-state index in [1.807, 2.05) is 26.8 Å². The number of ether oxygens (including phenoxy) is 1. The van der Waals surface area contributed by atoms with Gasteiger partial charge < -0.3 is 20.3 Å². The average molecular weight is 390 g/mol. The molecule has 0 saturated carbocycles. The molecule has 2 N–H and O–H groups in total. The van der Waals surface area contributed by atoms with Gasteiger partial charge in [0.1, 0.15) is 5.82 Å². The van der Waals surface area contributed by atoms with Crippen LogP contribution in [0.2, 0.25) is 0 Å². The Kier molecular flexibility index (Phi) is 8.71. The smallest absolute Gasteiger partial charge is 0.310 e. The van der Waals surface area contributed by atoms with E-state index >= 15 is 0 Å². The van der Waals surface area contributed by atoms with Gasteiger partial charge in [-0.15, -0.1) is 0 Å². The second-order valence-electron chi connectivity index (χ2n) is 6.79. The third-order valence-corrected chi connectivity index (χ3v) is 4.46. The summed E-state index contributed by atoms with van der Waals surface area (Å²) in [5.41, 5.74) is 1.04. The van der Waals surface area contributed by atoms with Gasteiger partial charge in [0.25, 0.3) is 0 Å². The Morgan fingerprint density at radius 1 is 1.36 bits per heavy atom. The Balaban J connectivity index is 1.89. The van der Waals surface area contributed by atoms with Crippen molar-refractivity contribution in [3.8, 4) is 0 Å². The number of likely N-dealkylation sites (tertiary alicyclic amines) is 1. The van der Waals surface area contributed by atoms with Gasteiger partial charge in [0.15, 0.2) is 5.96 Å². The van der Waals surface area contributed by atoms with E-state index in [2.05, 4.69) is 25.5 Å². The lowest BCUT2D eigenvalue weighted by atomic mass is 9.98. The van der Waals surface area contributed by atoms with Gasteiger partial charge >= 0.3 is 5.97 Å². The number of carbonyl (C=O) groups is 2. The van der Waals surface area contributed by atoms with Gasteiger partial charge in [0.2, 0.25) is 5.91 Å². The van der Waals surface area contributed by atoms with Gasteiger partial charge in [-0.1, -0.05) is 6.07 Å². The number of amides is 1. The second-order valence-corrected chi connectivity index (χ2v) is 6.79. The van der Waals surface area contributed by atoms with Crippen LogP contribution in [0.15, 0.2) is 23.3 Å². The van der Waals surface area contributed by atoms with Crippen LogP contribution in [0, 0.1) is 12.8 Å². The van der Waals surface area contributed by atoms with Crippen molar-refractivity contribution >= 4 is 23.7 Å². The van der Waals surface area contributed by atoms with Crippen molar-refractivity contribution in [2.24, 2.45) is 10.9 Å². The van der Waals surface area contributed by atoms with Gasteiger partial charge in [-0.2, -0.15) is 0 Å². The maximum absolute atomic E-state index is 12.1. The molecule has 1 saturated heterocycles. The zero-order valence-electron chi connectivity index (χ0n) is 17.0. The standard InChI is InChI=1S/C20H31N5O3/c1-4-21-20(25-12-6-7-16(14-25)19(27)28-5-2)22-11-10-18(26)24-17-9-8-15(3)13-23-17/h8-9,13,16H,4-7,10-12,14H2,1-3H3,(H,21,22)(H,23,24,26). The van der Waals surface area contributed by atoms with Crippen LogP contribution in [0.1, 0.15) is 38.7 Å². The molecule has 1 aromatic rings. The number of anilines is 1. The van der Waals surface area contributed by atoms with E-state index in [1.165, 1.54) is 0 Å². The molecule has 0 aliphatic carbocycles. The summed E-state index contributed by atoms with van der Waals surface area (Å²) in [5.74, 6) is 0.873. The summed E-state index contributed by atoms with van der Waals surface area (Å²) in [6.45, 7) is 8.67. The van der Waals surface area contributed by atoms with Gasteiger partial charge in [-0.05, 0) is 45.2 Å². The second kappa shape index (κ2) is 11.3. The third kappa shape index (κ3) is 6.83. The number of esters is 1. The minimum atomic E-state index is -0.145. The zero-order chi connectivity index (χ0) is 20.4. The SMILES string of the molecule is CCNC(=NCCC(=O)Nc1ccc(C)cn1)N1CCCC(C(=O)OCC)C1. The molecule has 0 aromatic carbocycles. The molecule has 1 aliphatic rings. The molecule has 154 valence electrons. The molecule has 0 bridgehead atoms. The molecule has 8 nitrogen and oxygen atoms in total. The van der Waals surface area contributed by atoms with E-state index < -0.39 is 0 Å². The summed E-state index contributed by atoms with van der Waals surface area (Å²) in [6.07, 6.45) is 3.72. The van der Waals surface area contributed by atoms with Crippen LogP contribution in [-0.4, -0.2) is 60.5 Å². The maximum atomic E-state index is 12.1. The quantitative estimate of drug-likeness (QED) is 0.420. The van der Waals surface area contributed by atoms with Crippen molar-refractivity contribution in [1.82, 2.24) is 15.2 Å². The van der Waals surface area contributed by atoms with E-state index in [4.69, 9.17) is 4.74 Å². The fourth-order valence-corrected chi connectivity index (χ4v) is 3.06. The third-order valence-electron chi connectivity index (χ3n) is 4.46. The molecule has 28 heavy (non-hydrogen) atoms. The summed E-state index contributed by atoms with van der Waals surface area (Å²) in [7, 11) is 0. The fraction of sp³-hybridized carbons (Fsp3) is 0.600. The highest BCUT2D eigenvalue weighted by atomic mass is 16.5. The first kappa shape index (κ1) is 21.7. The number of pyridine rings is 1. The van der Waals surface area contributed by atoms with E-state index in [-0.39, 0.29) is 24.2 Å². The highest BCUT2D eigenvalue weighted by molar-refractivity contribution is 5.90. The first-order chi connectivity index (χ1) is 13.5. The molecule has 1 amide bonds. The van der Waals surface area contributed by atoms with Gasteiger partial charge in [-0.25, -0.2) is 4.98 Å². The molecule has 1 fully saturated rings. The maximum Gasteiger partial charge on any atom is 0.310 e. The Morgan fingerprint density at radius 3 is 2.86 bits per heavy atom. The van der Waals surface area contributed by atoms with Crippen molar-refractivity contribution in [1.29, 1.82) is 0 Å². The number of carbonyl (C=O) groups excluding carboxylic acids is 2. The number of hydrogen-bond acceptors (Lipinski definition) is 5. The normalized spacial score (nSPS) is 17.2. The van der Waals surface area contributed by atoms with Crippen molar-refractivity contribution in [2.45, 2.75) is 40.0 Å². The van der Waals surface area contributed by atoms with Crippen LogP contribution in [0.4, 0.5) is 5.82 Å². The Bertz CT molecular complexity index is 675. The highest BCUT2D eigenvalue weighted by Gasteiger charge is 2.28. The number of piperidine rings is 1. The minimum absolute atomic E-state index is 0.126. The lowest BCUT2D eigenvalue weighted by molar-refractivity contribution is -0.149. The topological polar surface area (TPSA) is 95.9 Å². The summed E-state index contributed by atoms with van der Waals surface area (Å²) in [5, 5.41) is 6.03. The number of nitrogens with zero attached hydrogens (tertiary/aromatic N) is 3. The first-order valence-corrected chi connectivity index (χ1v) is 9.95. The van der Waals surface area contributed by atoms with Crippen LogP contribution in [0.3, 0.4) is 0 Å². The van der Waals surface area contributed by atoms with Crippen molar-refractivity contribution < 1.29 is 14.3 Å². The Morgan fingerprint density at radius 2 is 2.18 bits per heavy atom. The summed E-state index contributed by atoms with van der Waals surface area (Å²) >= 11 is 0. The highest BCUT2D eigenvalue weighted by Crippen LogP contribution is 2.18. The van der Waals surface area contributed by atoms with Crippen molar-refractivity contribution in [3.05, 3.63) is 23.9 Å². The van der Waals surface area contributed by atoms with Crippen LogP contribution in [0.5, 0.6) is 0 Å². The van der Waals surface area contributed by atoms with Crippen LogP contribution in [-0.2, 0) is 14.3 Å². The first-order valence-electron chi connectivity index (χ1n) is 9.95. The molecule has 0 spiro atoms. The molecule has 1 aromatic heterocycles. The average Bonchev–Trinajstić information content (AvgIpc) is 2.69. The number of nitrogens with one attached hydrogen (secondary N) is 2. The monoisotopic (exact) mass is 389 g/mol. The molecular formula is C20H31N5O3. The molecule has 0 radical (unpaired) electrons. The molecule has 1 aliphatic heterocycles. The molecule has 8 heteroatoms. The number of aryl methyl sites for hydroxylation is 1. The molecule has 1 atom stereocenters. The Hall–Kier alpha value is -2.64. The van der Waals surface area contributed by atoms with E-state index in [0.717, 1.165) is 37.5 Å². The van der Waals surface area contributed by atoms with Crippen LogP contribution < -0.4 is 10.6 Å². The number of rotatable bonds is 7. The molecule has 2 rings (SSSR count). The number of hydrogen-bond donors (Lipinski definition) is 2.